The van der Waals surface area contributed by atoms with Gasteiger partial charge < -0.3 is 4.74 Å². The van der Waals surface area contributed by atoms with Crippen LogP contribution in [0.1, 0.15) is 32.6 Å². The Morgan fingerprint density at radius 2 is 1.84 bits per heavy atom. The molecule has 2 rings (SSSR count). The van der Waals surface area contributed by atoms with Crippen LogP contribution in [0.3, 0.4) is 0 Å². The Kier molecular flexibility index (Phi) is 8.85. The Balaban J connectivity index is 2.07. The molecule has 0 unspecified atom stereocenters. The Hall–Kier alpha value is -0.470. The maximum Gasteiger partial charge on any atom is 0.244 e. The summed E-state index contributed by atoms with van der Waals surface area (Å²) < 4.78 is 33.9. The van der Waals surface area contributed by atoms with Crippen molar-refractivity contribution in [3.63, 3.8) is 0 Å². The Bertz CT molecular complexity index is 619. The number of hydrogen-bond acceptors (Lipinski definition) is 4. The molecule has 0 bridgehead atoms. The third-order valence-corrected chi connectivity index (χ3v) is 7.40. The van der Waals surface area contributed by atoms with E-state index in [9.17, 15) is 8.42 Å². The van der Waals surface area contributed by atoms with Crippen molar-refractivity contribution in [3.05, 3.63) is 28.7 Å². The molecular formula is C18H29BrN2O3S. The van der Waals surface area contributed by atoms with Gasteiger partial charge in [-0.05, 0) is 34.5 Å². The number of unbranched alkanes of at least 4 members (excludes halogenated alkanes) is 3. The number of benzene rings is 1. The summed E-state index contributed by atoms with van der Waals surface area (Å²) in [5, 5.41) is 0. The molecule has 1 aromatic carbocycles. The molecule has 1 saturated heterocycles. The molecule has 1 aliphatic heterocycles. The molecule has 0 saturated carbocycles. The third kappa shape index (κ3) is 6.32. The predicted molar refractivity (Wildman–Crippen MR) is 104 cm³/mol. The predicted octanol–water partition coefficient (Wildman–Crippen LogP) is 3.35. The van der Waals surface area contributed by atoms with Crippen LogP contribution in [-0.2, 0) is 14.8 Å². The van der Waals surface area contributed by atoms with Crippen molar-refractivity contribution in [1.82, 2.24) is 9.21 Å². The van der Waals surface area contributed by atoms with Crippen LogP contribution in [0.15, 0.2) is 33.6 Å². The van der Waals surface area contributed by atoms with Crippen LogP contribution in [0.2, 0.25) is 0 Å². The van der Waals surface area contributed by atoms with Gasteiger partial charge in [-0.2, -0.15) is 4.31 Å². The quantitative estimate of drug-likeness (QED) is 0.531. The van der Waals surface area contributed by atoms with Crippen LogP contribution in [0.4, 0.5) is 0 Å². The summed E-state index contributed by atoms with van der Waals surface area (Å²) in [6, 6.07) is 7.06. The lowest BCUT2D eigenvalue weighted by Gasteiger charge is -2.30. The van der Waals surface area contributed by atoms with Crippen molar-refractivity contribution in [2.75, 3.05) is 45.9 Å². The maximum atomic E-state index is 13.1. The highest BCUT2D eigenvalue weighted by atomic mass is 79.9. The molecule has 0 aliphatic carbocycles. The molecule has 0 amide bonds. The van der Waals surface area contributed by atoms with E-state index < -0.39 is 10.0 Å². The summed E-state index contributed by atoms with van der Waals surface area (Å²) >= 11 is 3.39. The molecule has 0 atom stereocenters. The summed E-state index contributed by atoms with van der Waals surface area (Å²) in [6.07, 6.45) is 4.26. The second-order valence-corrected chi connectivity index (χ2v) is 9.11. The highest BCUT2D eigenvalue weighted by molar-refractivity contribution is 9.10. The number of sulfonamides is 1. The number of morpholine rings is 1. The molecule has 1 fully saturated rings. The van der Waals surface area contributed by atoms with Crippen LogP contribution < -0.4 is 0 Å². The first kappa shape index (κ1) is 20.8. The first-order valence-corrected chi connectivity index (χ1v) is 11.3. The Morgan fingerprint density at radius 3 is 2.52 bits per heavy atom. The highest BCUT2D eigenvalue weighted by Gasteiger charge is 2.26. The molecule has 0 spiro atoms. The van der Waals surface area contributed by atoms with E-state index in [1.165, 1.54) is 0 Å². The van der Waals surface area contributed by atoms with Gasteiger partial charge >= 0.3 is 0 Å². The van der Waals surface area contributed by atoms with Crippen LogP contribution in [0.5, 0.6) is 0 Å². The minimum atomic E-state index is -3.49. The van der Waals surface area contributed by atoms with E-state index in [1.54, 1.807) is 22.5 Å². The maximum absolute atomic E-state index is 13.1. The zero-order chi connectivity index (χ0) is 18.1. The van der Waals surface area contributed by atoms with Gasteiger partial charge in [-0.25, -0.2) is 8.42 Å². The van der Waals surface area contributed by atoms with Gasteiger partial charge in [0.25, 0.3) is 0 Å². The SMILES string of the molecule is CCCCCCN(CCN1CCOCC1)S(=O)(=O)c1ccccc1Br. The molecule has 1 aromatic rings. The molecule has 0 aromatic heterocycles. The number of ether oxygens (including phenoxy) is 1. The van der Waals surface area contributed by atoms with Crippen molar-refractivity contribution in [3.8, 4) is 0 Å². The Labute approximate surface area is 160 Å². The van der Waals surface area contributed by atoms with Crippen molar-refractivity contribution in [2.24, 2.45) is 0 Å². The van der Waals surface area contributed by atoms with E-state index in [0.717, 1.165) is 58.5 Å². The fourth-order valence-corrected chi connectivity index (χ4v) is 5.37. The second kappa shape index (κ2) is 10.6. The van der Waals surface area contributed by atoms with Gasteiger partial charge in [0.05, 0.1) is 18.1 Å². The van der Waals surface area contributed by atoms with E-state index in [2.05, 4.69) is 27.8 Å². The summed E-state index contributed by atoms with van der Waals surface area (Å²) in [5.74, 6) is 0. The zero-order valence-electron chi connectivity index (χ0n) is 15.0. The molecule has 7 heteroatoms. The van der Waals surface area contributed by atoms with E-state index in [4.69, 9.17) is 4.74 Å². The lowest BCUT2D eigenvalue weighted by molar-refractivity contribution is 0.0362. The topological polar surface area (TPSA) is 49.9 Å². The average molecular weight is 433 g/mol. The number of nitrogens with zero attached hydrogens (tertiary/aromatic N) is 2. The van der Waals surface area contributed by atoms with Gasteiger partial charge in [-0.15, -0.1) is 0 Å². The fraction of sp³-hybridized carbons (Fsp3) is 0.667. The van der Waals surface area contributed by atoms with Gasteiger partial charge in [-0.3, -0.25) is 4.90 Å². The van der Waals surface area contributed by atoms with Gasteiger partial charge in [0, 0.05) is 37.2 Å². The minimum absolute atomic E-state index is 0.354. The number of rotatable bonds is 10. The highest BCUT2D eigenvalue weighted by Crippen LogP contribution is 2.25. The number of hydrogen-bond donors (Lipinski definition) is 0. The molecule has 1 heterocycles. The normalized spacial score (nSPS) is 16.4. The van der Waals surface area contributed by atoms with Gasteiger partial charge in [-0.1, -0.05) is 38.3 Å². The summed E-state index contributed by atoms with van der Waals surface area (Å²) in [5.41, 5.74) is 0. The Morgan fingerprint density at radius 1 is 1.12 bits per heavy atom. The van der Waals surface area contributed by atoms with Crippen molar-refractivity contribution in [2.45, 2.75) is 37.5 Å². The first-order chi connectivity index (χ1) is 12.1. The van der Waals surface area contributed by atoms with E-state index in [1.807, 2.05) is 6.07 Å². The number of halogens is 1. The summed E-state index contributed by atoms with van der Waals surface area (Å²) in [4.78, 5) is 2.63. The van der Waals surface area contributed by atoms with Crippen molar-refractivity contribution in [1.29, 1.82) is 0 Å². The van der Waals surface area contributed by atoms with Crippen LogP contribution >= 0.6 is 15.9 Å². The lowest BCUT2D eigenvalue weighted by Crippen LogP contribution is -2.43. The van der Waals surface area contributed by atoms with Crippen LogP contribution in [0.25, 0.3) is 0 Å². The average Bonchev–Trinajstić information content (AvgIpc) is 2.62. The van der Waals surface area contributed by atoms with E-state index >= 15 is 0 Å². The van der Waals surface area contributed by atoms with Crippen LogP contribution in [-0.4, -0.2) is 63.6 Å². The largest absolute Gasteiger partial charge is 0.379 e. The molecule has 25 heavy (non-hydrogen) atoms. The molecule has 5 nitrogen and oxygen atoms in total. The van der Waals surface area contributed by atoms with Gasteiger partial charge in [0.1, 0.15) is 0 Å². The molecule has 142 valence electrons. The standard InChI is InChI=1S/C18H29BrN2O3S/c1-2-3-4-7-10-21(12-11-20-13-15-24-16-14-20)25(22,23)18-9-6-5-8-17(18)19/h5-6,8-9H,2-4,7,10-16H2,1H3. The second-order valence-electron chi connectivity index (χ2n) is 6.35. The smallest absolute Gasteiger partial charge is 0.244 e. The van der Waals surface area contributed by atoms with Gasteiger partial charge in [0.2, 0.25) is 10.0 Å². The fourth-order valence-electron chi connectivity index (χ4n) is 2.94. The molecule has 1 aliphatic rings. The molecule has 0 radical (unpaired) electrons. The van der Waals surface area contributed by atoms with Crippen molar-refractivity contribution >= 4 is 26.0 Å². The van der Waals surface area contributed by atoms with E-state index in [0.29, 0.717) is 22.5 Å². The molecule has 0 N–H and O–H groups in total. The summed E-state index contributed by atoms with van der Waals surface area (Å²) in [6.45, 7) is 7.22. The zero-order valence-corrected chi connectivity index (χ0v) is 17.4. The van der Waals surface area contributed by atoms with Gasteiger partial charge in [0.15, 0.2) is 0 Å². The first-order valence-electron chi connectivity index (χ1n) is 9.10. The van der Waals surface area contributed by atoms with E-state index in [-0.39, 0.29) is 0 Å². The lowest BCUT2D eigenvalue weighted by atomic mass is 10.2. The van der Waals surface area contributed by atoms with Crippen molar-refractivity contribution < 1.29 is 13.2 Å². The third-order valence-electron chi connectivity index (χ3n) is 4.48. The minimum Gasteiger partial charge on any atom is -0.379 e. The monoisotopic (exact) mass is 432 g/mol. The summed E-state index contributed by atoms with van der Waals surface area (Å²) in [7, 11) is -3.49. The van der Waals surface area contributed by atoms with Crippen LogP contribution in [0, 0.1) is 0 Å². The molecular weight excluding hydrogens is 404 g/mol.